The molecule has 3 aliphatic rings. The zero-order valence-electron chi connectivity index (χ0n) is 16.7. The van der Waals surface area contributed by atoms with Gasteiger partial charge >= 0.3 is 0 Å². The quantitative estimate of drug-likeness (QED) is 0.561. The molecule has 0 amide bonds. The predicted octanol–water partition coefficient (Wildman–Crippen LogP) is 0.831. The van der Waals surface area contributed by atoms with Crippen molar-refractivity contribution in [1.82, 2.24) is 0 Å². The molecule has 2 aromatic rings. The van der Waals surface area contributed by atoms with Gasteiger partial charge in [0.1, 0.15) is 11.7 Å². The lowest BCUT2D eigenvalue weighted by molar-refractivity contribution is -0.755. The maximum absolute atomic E-state index is 6.48. The van der Waals surface area contributed by atoms with Gasteiger partial charge in [0.25, 0.3) is 0 Å². The Bertz CT molecular complexity index is 830. The first-order chi connectivity index (χ1) is 12.5. The molecule has 0 fully saturated rings. The van der Waals surface area contributed by atoms with Crippen LogP contribution < -0.4 is 21.7 Å². The summed E-state index contributed by atoms with van der Waals surface area (Å²) in [4.78, 5) is 0. The van der Waals surface area contributed by atoms with E-state index in [9.17, 15) is 0 Å². The van der Waals surface area contributed by atoms with Crippen molar-refractivity contribution in [3.8, 4) is 5.75 Å². The third-order valence-corrected chi connectivity index (χ3v) is 6.08. The van der Waals surface area contributed by atoms with Crippen molar-refractivity contribution >= 4 is 0 Å². The van der Waals surface area contributed by atoms with E-state index in [0.717, 1.165) is 5.75 Å². The summed E-state index contributed by atoms with van der Waals surface area (Å²) in [6, 6.07) is 12.9. The Morgan fingerprint density at radius 2 is 1.70 bits per heavy atom. The van der Waals surface area contributed by atoms with Crippen LogP contribution in [-0.2, 0) is 9.47 Å². The molecule has 0 radical (unpaired) electrons. The van der Waals surface area contributed by atoms with Crippen LogP contribution in [0, 0.1) is 5.41 Å². The molecule has 2 bridgehead atoms. The second kappa shape index (κ2) is 7.08. The van der Waals surface area contributed by atoms with E-state index < -0.39 is 5.79 Å². The molecule has 5 heteroatoms. The fourth-order valence-corrected chi connectivity index (χ4v) is 5.23. The Morgan fingerprint density at radius 3 is 2.33 bits per heavy atom. The molecule has 5 rings (SSSR count). The van der Waals surface area contributed by atoms with Crippen molar-refractivity contribution < 1.29 is 31.2 Å². The number of hydrogen-bond acceptors (Lipinski definition) is 3. The first kappa shape index (κ1) is 20.1. The van der Waals surface area contributed by atoms with E-state index in [1.807, 2.05) is 19.9 Å². The summed E-state index contributed by atoms with van der Waals surface area (Å²) in [5, 5.41) is 0. The first-order valence-corrected chi connectivity index (χ1v) is 9.48. The number of halogens is 1. The highest BCUT2D eigenvalue weighted by molar-refractivity contribution is 5.53. The summed E-state index contributed by atoms with van der Waals surface area (Å²) in [5.74, 6) is 0.131. The number of fused-ring (bicyclic) bond motifs is 1. The Balaban J connectivity index is 0.00000210. The SMILES string of the molecule is CCOC1(OCC)[C@H]2c3c(OC)cccc3[C@H]([n+]3ccccc32)C1(C)C.[Cl-]. The highest BCUT2D eigenvalue weighted by Crippen LogP contribution is 2.63. The lowest BCUT2D eigenvalue weighted by Crippen LogP contribution is -3.00. The van der Waals surface area contributed by atoms with Gasteiger partial charge in [0.2, 0.25) is 0 Å². The largest absolute Gasteiger partial charge is 1.00 e. The van der Waals surface area contributed by atoms with Crippen molar-refractivity contribution in [2.45, 2.75) is 45.4 Å². The molecular weight excluding hydrogens is 362 g/mol. The number of hydrogen-bond donors (Lipinski definition) is 0. The van der Waals surface area contributed by atoms with Gasteiger partial charge in [-0.05, 0) is 33.8 Å². The van der Waals surface area contributed by atoms with Crippen molar-refractivity contribution in [2.24, 2.45) is 5.41 Å². The lowest BCUT2D eigenvalue weighted by atomic mass is 9.57. The predicted molar refractivity (Wildman–Crippen MR) is 99.4 cm³/mol. The fraction of sp³-hybridized carbons (Fsp3) is 0.500. The monoisotopic (exact) mass is 389 g/mol. The number of rotatable bonds is 5. The second-order valence-corrected chi connectivity index (χ2v) is 7.59. The topological polar surface area (TPSA) is 31.6 Å². The highest BCUT2D eigenvalue weighted by Gasteiger charge is 2.71. The molecule has 1 aromatic heterocycles. The molecule has 1 aliphatic carbocycles. The van der Waals surface area contributed by atoms with Crippen molar-refractivity contribution in [1.29, 1.82) is 0 Å². The van der Waals surface area contributed by atoms with Gasteiger partial charge in [-0.15, -0.1) is 0 Å². The van der Waals surface area contributed by atoms with E-state index in [0.29, 0.717) is 13.2 Å². The number of nitrogens with zero attached hydrogens (tertiary/aromatic N) is 1. The van der Waals surface area contributed by atoms with Gasteiger partial charge < -0.3 is 26.6 Å². The lowest BCUT2D eigenvalue weighted by Gasteiger charge is -2.57. The molecule has 0 N–H and O–H groups in total. The first-order valence-electron chi connectivity index (χ1n) is 9.48. The molecule has 2 aliphatic heterocycles. The van der Waals surface area contributed by atoms with Gasteiger partial charge in [0, 0.05) is 36.5 Å². The smallest absolute Gasteiger partial charge is 0.197 e. The van der Waals surface area contributed by atoms with Crippen LogP contribution in [0.4, 0.5) is 0 Å². The van der Waals surface area contributed by atoms with E-state index >= 15 is 0 Å². The minimum Gasteiger partial charge on any atom is -1.00 e. The molecule has 0 unspecified atom stereocenters. The molecule has 0 saturated heterocycles. The summed E-state index contributed by atoms with van der Waals surface area (Å²) in [7, 11) is 1.74. The van der Waals surface area contributed by atoms with Gasteiger partial charge in [-0.3, -0.25) is 0 Å². The van der Waals surface area contributed by atoms with Gasteiger partial charge in [-0.2, -0.15) is 4.57 Å². The van der Waals surface area contributed by atoms with Gasteiger partial charge in [0.15, 0.2) is 23.7 Å². The fourth-order valence-electron chi connectivity index (χ4n) is 5.23. The highest BCUT2D eigenvalue weighted by atomic mass is 35.5. The zero-order valence-corrected chi connectivity index (χ0v) is 17.4. The van der Waals surface area contributed by atoms with E-state index in [2.05, 4.69) is 54.9 Å². The third-order valence-electron chi connectivity index (χ3n) is 6.08. The van der Waals surface area contributed by atoms with Crippen LogP contribution in [0.25, 0.3) is 0 Å². The molecule has 146 valence electrons. The molecule has 0 saturated carbocycles. The summed E-state index contributed by atoms with van der Waals surface area (Å²) in [6.07, 6.45) is 2.18. The van der Waals surface area contributed by atoms with Crippen LogP contribution in [-0.4, -0.2) is 26.1 Å². The minimum absolute atomic E-state index is 0. The number of pyridine rings is 1. The number of benzene rings is 1. The number of methoxy groups -OCH3 is 1. The Morgan fingerprint density at radius 1 is 1.00 bits per heavy atom. The van der Waals surface area contributed by atoms with Crippen LogP contribution >= 0.6 is 0 Å². The van der Waals surface area contributed by atoms with Crippen LogP contribution in [0.15, 0.2) is 42.6 Å². The van der Waals surface area contributed by atoms with Crippen LogP contribution in [0.1, 0.15) is 56.5 Å². The van der Waals surface area contributed by atoms with Crippen LogP contribution in [0.5, 0.6) is 5.75 Å². The van der Waals surface area contributed by atoms with E-state index in [4.69, 9.17) is 14.2 Å². The maximum atomic E-state index is 6.48. The van der Waals surface area contributed by atoms with E-state index in [1.54, 1.807) is 7.11 Å². The van der Waals surface area contributed by atoms with Gasteiger partial charge in [0.05, 0.1) is 12.5 Å². The molecular formula is C22H28ClNO3. The molecule has 2 atom stereocenters. The Kier molecular flexibility index (Phi) is 5.28. The summed E-state index contributed by atoms with van der Waals surface area (Å²) < 4.78 is 21.1. The normalized spacial score (nSPS) is 23.1. The molecule has 1 aromatic carbocycles. The Labute approximate surface area is 167 Å². The van der Waals surface area contributed by atoms with Crippen molar-refractivity contribution in [2.75, 3.05) is 20.3 Å². The maximum Gasteiger partial charge on any atom is 0.197 e. The van der Waals surface area contributed by atoms with Crippen molar-refractivity contribution in [3.63, 3.8) is 0 Å². The average Bonchev–Trinajstić information content (AvgIpc) is 2.64. The number of aromatic nitrogens is 1. The zero-order chi connectivity index (χ0) is 18.5. The number of ether oxygens (including phenoxy) is 3. The third kappa shape index (κ3) is 2.47. The minimum atomic E-state index is -0.732. The van der Waals surface area contributed by atoms with E-state index in [-0.39, 0.29) is 29.8 Å². The van der Waals surface area contributed by atoms with E-state index in [1.165, 1.54) is 16.8 Å². The van der Waals surface area contributed by atoms with Crippen molar-refractivity contribution in [3.05, 3.63) is 59.4 Å². The van der Waals surface area contributed by atoms with Crippen LogP contribution in [0.2, 0.25) is 0 Å². The Hall–Kier alpha value is -1.62. The molecule has 0 spiro atoms. The average molecular weight is 390 g/mol. The van der Waals surface area contributed by atoms with Gasteiger partial charge in [-0.25, -0.2) is 0 Å². The van der Waals surface area contributed by atoms with Gasteiger partial charge in [-0.1, -0.05) is 18.2 Å². The summed E-state index contributed by atoms with van der Waals surface area (Å²) >= 11 is 0. The molecule has 3 heterocycles. The standard InChI is InChI=1S/C22H28NO3.ClH/c1-6-25-22(26-7-2)19-16-12-8-9-14-23(16)20(21(22,3)4)15-11-10-13-17(24-5)18(15)19;/h8-14,19-20H,6-7H2,1-5H3;1H/q+1;/p-1/t19-,20+;/m1./s1. The molecule has 27 heavy (non-hydrogen) atoms. The summed E-state index contributed by atoms with van der Waals surface area (Å²) in [5.41, 5.74) is 3.48. The summed E-state index contributed by atoms with van der Waals surface area (Å²) in [6.45, 7) is 9.82. The molecule has 4 nitrogen and oxygen atoms in total. The second-order valence-electron chi connectivity index (χ2n) is 7.59. The van der Waals surface area contributed by atoms with Crippen LogP contribution in [0.3, 0.4) is 0 Å².